The smallest absolute Gasteiger partial charge is 0.355 e. The zero-order valence-electron chi connectivity index (χ0n) is 21.5. The normalized spacial score (nSPS) is 23.2. The Balaban J connectivity index is 1.66. The number of carbonyl (C=O) groups is 1. The largest absolute Gasteiger partial charge is 0.507 e. The van der Waals surface area contributed by atoms with Crippen molar-refractivity contribution in [2.24, 2.45) is 0 Å². The van der Waals surface area contributed by atoms with Crippen LogP contribution < -0.4 is 10.4 Å². The molecule has 37 heavy (non-hydrogen) atoms. The molecule has 0 bridgehead atoms. The average Bonchev–Trinajstić information content (AvgIpc) is 3.28. The Morgan fingerprint density at radius 1 is 1.22 bits per heavy atom. The first kappa shape index (κ1) is 27.1. The molecule has 4 atom stereocenters. The van der Waals surface area contributed by atoms with Crippen LogP contribution in [-0.4, -0.2) is 64.7 Å². The van der Waals surface area contributed by atoms with Gasteiger partial charge >= 0.3 is 11.6 Å². The number of aliphatic hydroxyl groups is 1. The van der Waals surface area contributed by atoms with Crippen LogP contribution in [0.2, 0.25) is 0 Å². The van der Waals surface area contributed by atoms with Crippen molar-refractivity contribution in [2.75, 3.05) is 13.4 Å². The summed E-state index contributed by atoms with van der Waals surface area (Å²) in [6.45, 7) is 6.95. The number of aryl methyl sites for hydroxylation is 2. The van der Waals surface area contributed by atoms with Crippen molar-refractivity contribution in [3.8, 4) is 11.5 Å². The van der Waals surface area contributed by atoms with Gasteiger partial charge in [0.1, 0.15) is 28.9 Å². The fourth-order valence-electron chi connectivity index (χ4n) is 4.55. The average molecular weight is 534 g/mol. The number of aromatic nitrogens is 1. The van der Waals surface area contributed by atoms with Gasteiger partial charge in [0.2, 0.25) is 6.29 Å². The summed E-state index contributed by atoms with van der Waals surface area (Å²) in [5, 5.41) is 22.2. The van der Waals surface area contributed by atoms with Crippen LogP contribution >= 0.6 is 11.8 Å². The fourth-order valence-corrected chi connectivity index (χ4v) is 5.09. The summed E-state index contributed by atoms with van der Waals surface area (Å²) in [6.07, 6.45) is -2.77. The van der Waals surface area contributed by atoms with Crippen molar-refractivity contribution >= 4 is 28.7 Å². The van der Waals surface area contributed by atoms with Crippen LogP contribution in [0.4, 0.5) is 0 Å². The second kappa shape index (κ2) is 10.4. The fraction of sp³-hybridized carbons (Fsp3) is 0.462. The van der Waals surface area contributed by atoms with Gasteiger partial charge < -0.3 is 38.6 Å². The molecule has 0 radical (unpaired) electrons. The summed E-state index contributed by atoms with van der Waals surface area (Å²) in [5.41, 5.74) is 0.152. The highest BCUT2D eigenvalue weighted by Gasteiger charge is 2.53. The third kappa shape index (κ3) is 5.08. The maximum Gasteiger partial charge on any atom is 0.355 e. The van der Waals surface area contributed by atoms with E-state index in [4.69, 9.17) is 23.4 Å². The Bertz CT molecular complexity index is 1360. The van der Waals surface area contributed by atoms with Gasteiger partial charge in [-0.05, 0) is 58.2 Å². The highest BCUT2D eigenvalue weighted by molar-refractivity contribution is 7.97. The van der Waals surface area contributed by atoms with Gasteiger partial charge in [-0.3, -0.25) is 0 Å². The highest BCUT2D eigenvalue weighted by atomic mass is 32.2. The summed E-state index contributed by atoms with van der Waals surface area (Å²) in [6, 6.07) is 6.50. The number of hydrogen-bond donors (Lipinski definition) is 3. The summed E-state index contributed by atoms with van der Waals surface area (Å²) in [7, 11) is 1.44. The molecule has 11 heteroatoms. The number of nitrogens with one attached hydrogen (secondary N) is 1. The molecule has 0 amide bonds. The Morgan fingerprint density at radius 3 is 2.57 bits per heavy atom. The van der Waals surface area contributed by atoms with E-state index < -0.39 is 41.8 Å². The van der Waals surface area contributed by atoms with Crippen molar-refractivity contribution < 1.29 is 38.4 Å². The van der Waals surface area contributed by atoms with E-state index in [0.29, 0.717) is 16.7 Å². The van der Waals surface area contributed by atoms with Gasteiger partial charge in [0.15, 0.2) is 12.2 Å². The molecule has 1 saturated heterocycles. The number of H-pyrrole nitrogens is 1. The molecule has 200 valence electrons. The number of rotatable bonds is 7. The molecule has 0 unspecified atom stereocenters. The first-order valence-electron chi connectivity index (χ1n) is 11.7. The number of aromatic hydroxyl groups is 1. The number of carbonyl (C=O) groups excluding carboxylic acids is 1. The molecule has 0 spiro atoms. The van der Waals surface area contributed by atoms with E-state index in [0.717, 1.165) is 5.69 Å². The summed E-state index contributed by atoms with van der Waals surface area (Å²) in [5.74, 6) is -0.231. The first-order chi connectivity index (χ1) is 17.5. The molecule has 1 fully saturated rings. The third-order valence-corrected chi connectivity index (χ3v) is 7.02. The Labute approximate surface area is 217 Å². The highest BCUT2D eigenvalue weighted by Crippen LogP contribution is 2.38. The van der Waals surface area contributed by atoms with E-state index in [1.54, 1.807) is 45.0 Å². The number of benzene rings is 1. The minimum absolute atomic E-state index is 0.139. The number of aromatic amines is 1. The van der Waals surface area contributed by atoms with Crippen LogP contribution in [0.5, 0.6) is 11.5 Å². The molecule has 1 aromatic carbocycles. The standard InChI is InChI=1S/C26H31NO9S/c1-12-7-9-16(27-12)24(31)35-21-19(29)25(36-26(3,4)22(21)32-5)33-17-10-8-14-18(28)15(11-37-6)23(30)34-20(14)13(17)2/h7-10,19,21-22,25,27-29H,11H2,1-6H3/t19-,21+,22-,25-/m1/s1. The molecule has 10 nitrogen and oxygen atoms in total. The van der Waals surface area contributed by atoms with Crippen molar-refractivity contribution in [1.29, 1.82) is 0 Å². The molecule has 1 aliphatic rings. The number of aliphatic hydroxyl groups excluding tert-OH is 1. The molecule has 3 heterocycles. The molecule has 0 aliphatic carbocycles. The van der Waals surface area contributed by atoms with Crippen LogP contribution in [-0.2, 0) is 20.0 Å². The van der Waals surface area contributed by atoms with E-state index in [1.165, 1.54) is 18.9 Å². The van der Waals surface area contributed by atoms with E-state index in [9.17, 15) is 19.8 Å². The van der Waals surface area contributed by atoms with Crippen LogP contribution in [0.3, 0.4) is 0 Å². The first-order valence-corrected chi connectivity index (χ1v) is 13.1. The predicted molar refractivity (Wildman–Crippen MR) is 137 cm³/mol. The minimum Gasteiger partial charge on any atom is -0.507 e. The van der Waals surface area contributed by atoms with Crippen molar-refractivity contribution in [3.05, 3.63) is 57.2 Å². The summed E-state index contributed by atoms with van der Waals surface area (Å²) < 4.78 is 28.8. The molecule has 3 aromatic rings. The molecule has 3 N–H and O–H groups in total. The van der Waals surface area contributed by atoms with Crippen LogP contribution in [0, 0.1) is 13.8 Å². The Morgan fingerprint density at radius 2 is 1.95 bits per heavy atom. The SMILES string of the molecule is CO[C@@H]1[C@@H](OC(=O)c2ccc(C)[nH]2)[C@@H](O)[C@H](Oc2ccc3c(O)c(CSC)c(=O)oc3c2C)OC1(C)C. The number of thioether (sulfide) groups is 1. The van der Waals surface area contributed by atoms with Crippen molar-refractivity contribution in [1.82, 2.24) is 4.98 Å². The maximum atomic E-state index is 12.8. The number of ether oxygens (including phenoxy) is 4. The van der Waals surface area contributed by atoms with E-state index >= 15 is 0 Å². The minimum atomic E-state index is -1.42. The number of hydrogen-bond acceptors (Lipinski definition) is 10. The number of esters is 1. The lowest BCUT2D eigenvalue weighted by atomic mass is 9.89. The van der Waals surface area contributed by atoms with Gasteiger partial charge in [0.05, 0.1) is 16.6 Å². The second-order valence-corrected chi connectivity index (χ2v) is 10.4. The quantitative estimate of drug-likeness (QED) is 0.306. The van der Waals surface area contributed by atoms with Gasteiger partial charge in [0, 0.05) is 24.1 Å². The van der Waals surface area contributed by atoms with Gasteiger partial charge in [-0.15, -0.1) is 0 Å². The Hall–Kier alpha value is -2.99. The molecule has 0 saturated carbocycles. The second-order valence-electron chi connectivity index (χ2n) is 9.49. The maximum absolute atomic E-state index is 12.8. The molecular formula is C26H31NO9S. The molecular weight excluding hydrogens is 502 g/mol. The van der Waals surface area contributed by atoms with Crippen molar-refractivity contribution in [3.63, 3.8) is 0 Å². The van der Waals surface area contributed by atoms with Crippen LogP contribution in [0.1, 0.15) is 41.2 Å². The topological polar surface area (TPSA) is 140 Å². The molecule has 4 rings (SSSR count). The zero-order valence-corrected chi connectivity index (χ0v) is 22.3. The molecule has 1 aliphatic heterocycles. The van der Waals surface area contributed by atoms with Gasteiger partial charge in [0.25, 0.3) is 0 Å². The van der Waals surface area contributed by atoms with E-state index in [1.807, 2.05) is 13.2 Å². The molecule has 2 aromatic heterocycles. The zero-order chi connectivity index (χ0) is 27.1. The van der Waals surface area contributed by atoms with Crippen molar-refractivity contribution in [2.45, 2.75) is 63.7 Å². The lowest BCUT2D eigenvalue weighted by molar-refractivity contribution is -0.305. The van der Waals surface area contributed by atoms with E-state index in [2.05, 4.69) is 4.98 Å². The van der Waals surface area contributed by atoms with Gasteiger partial charge in [-0.25, -0.2) is 9.59 Å². The van der Waals surface area contributed by atoms with Crippen LogP contribution in [0.15, 0.2) is 33.5 Å². The number of methoxy groups -OCH3 is 1. The third-order valence-electron chi connectivity index (χ3n) is 6.44. The lowest BCUT2D eigenvalue weighted by Crippen LogP contribution is -2.65. The summed E-state index contributed by atoms with van der Waals surface area (Å²) in [4.78, 5) is 28.1. The van der Waals surface area contributed by atoms with E-state index in [-0.39, 0.29) is 28.3 Å². The van der Waals surface area contributed by atoms with Crippen LogP contribution in [0.25, 0.3) is 11.0 Å². The van der Waals surface area contributed by atoms with Gasteiger partial charge in [-0.1, -0.05) is 0 Å². The lowest BCUT2D eigenvalue weighted by Gasteiger charge is -2.47. The number of fused-ring (bicyclic) bond motifs is 1. The predicted octanol–water partition coefficient (Wildman–Crippen LogP) is 3.42. The monoisotopic (exact) mass is 533 g/mol. The summed E-state index contributed by atoms with van der Waals surface area (Å²) >= 11 is 1.39. The Kier molecular flexibility index (Phi) is 7.61. The van der Waals surface area contributed by atoms with Gasteiger partial charge in [-0.2, -0.15) is 11.8 Å².